The van der Waals surface area contributed by atoms with Gasteiger partial charge in [0.2, 0.25) is 17.7 Å². The monoisotopic (exact) mass is 604 g/mol. The van der Waals surface area contributed by atoms with E-state index in [2.05, 4.69) is 0 Å². The minimum Gasteiger partial charge on any atom is -0.530 e. The minimum absolute atomic E-state index is 0. The quantitative estimate of drug-likeness (QED) is 0.384. The average molecular weight is 605 g/mol. The number of carboxylic acid groups (broad SMARTS) is 3. The molecule has 1 radical (unpaired) electrons. The Kier molecular flexibility index (Phi) is 12.9. The average Bonchev–Trinajstić information content (AvgIpc) is 3.43. The molecule has 3 heterocycles. The molecule has 3 aliphatic rings. The molecule has 0 spiro atoms. The number of nitrogens with zero attached hydrogens (tertiary/aromatic N) is 3. The molecular formula is C27H42CrN3O9. The Morgan fingerprint density at radius 2 is 0.700 bits per heavy atom. The molecule has 3 rings (SSSR count). The fraction of sp³-hybridized carbons (Fsp3) is 0.778. The van der Waals surface area contributed by atoms with Gasteiger partial charge in [-0.3, -0.25) is 29.1 Å². The molecule has 0 N–H and O–H groups in total. The van der Waals surface area contributed by atoms with Crippen molar-refractivity contribution in [2.75, 3.05) is 19.6 Å². The van der Waals surface area contributed by atoms with Gasteiger partial charge in [-0.05, 0) is 35.5 Å². The van der Waals surface area contributed by atoms with E-state index in [9.17, 15) is 44.1 Å². The van der Waals surface area contributed by atoms with Gasteiger partial charge in [0.05, 0.1) is 0 Å². The number of hydrogen-bond donors (Lipinski definition) is 0. The van der Waals surface area contributed by atoms with Crippen LogP contribution in [0.15, 0.2) is 0 Å². The zero-order valence-electron chi connectivity index (χ0n) is 24.9. The summed E-state index contributed by atoms with van der Waals surface area (Å²) in [5.41, 5.74) is -0.496. The van der Waals surface area contributed by atoms with E-state index in [-0.39, 0.29) is 88.7 Å². The summed E-state index contributed by atoms with van der Waals surface area (Å²) in [6.07, 6.45) is -2.31. The largest absolute Gasteiger partial charge is 3.00 e. The first-order chi connectivity index (χ1) is 17.5. The van der Waals surface area contributed by atoms with Gasteiger partial charge in [-0.2, -0.15) is 0 Å². The van der Waals surface area contributed by atoms with Gasteiger partial charge in [0.1, 0.15) is 18.3 Å². The van der Waals surface area contributed by atoms with Crippen molar-refractivity contribution in [1.82, 2.24) is 14.7 Å². The van der Waals surface area contributed by atoms with Gasteiger partial charge in [0.25, 0.3) is 0 Å². The summed E-state index contributed by atoms with van der Waals surface area (Å²) in [4.78, 5) is 68.3. The van der Waals surface area contributed by atoms with Crippen LogP contribution in [0.2, 0.25) is 0 Å². The van der Waals surface area contributed by atoms with Crippen molar-refractivity contribution in [3.8, 4) is 0 Å². The van der Waals surface area contributed by atoms with Crippen molar-refractivity contribution >= 4 is 36.0 Å². The van der Waals surface area contributed by atoms with Crippen LogP contribution in [0.3, 0.4) is 0 Å². The van der Waals surface area contributed by atoms with Crippen molar-refractivity contribution in [2.24, 2.45) is 34.0 Å². The van der Waals surface area contributed by atoms with E-state index < -0.39 is 18.3 Å². The molecule has 3 saturated heterocycles. The van der Waals surface area contributed by atoms with Gasteiger partial charge in [-0.15, -0.1) is 0 Å². The van der Waals surface area contributed by atoms with Gasteiger partial charge in [0.15, 0.2) is 0 Å². The third-order valence-electron chi connectivity index (χ3n) is 7.41. The first-order valence-corrected chi connectivity index (χ1v) is 13.1. The Morgan fingerprint density at radius 3 is 0.775 bits per heavy atom. The van der Waals surface area contributed by atoms with E-state index in [1.165, 1.54) is 0 Å². The van der Waals surface area contributed by atoms with Crippen molar-refractivity contribution in [2.45, 2.75) is 81.6 Å². The van der Waals surface area contributed by atoms with Crippen LogP contribution in [0.1, 0.15) is 81.6 Å². The number of rotatable bonds is 0. The van der Waals surface area contributed by atoms with Crippen molar-refractivity contribution < 1.29 is 61.4 Å². The van der Waals surface area contributed by atoms with Gasteiger partial charge < -0.3 is 29.7 Å². The molecule has 6 amide bonds. The van der Waals surface area contributed by atoms with E-state index >= 15 is 0 Å². The van der Waals surface area contributed by atoms with Gasteiger partial charge in [-0.1, -0.05) is 62.3 Å². The first kappa shape index (κ1) is 37.4. The van der Waals surface area contributed by atoms with Gasteiger partial charge in [-0.25, -0.2) is 0 Å². The summed E-state index contributed by atoms with van der Waals surface area (Å²) in [5, 5.41) is 31.4. The van der Waals surface area contributed by atoms with Crippen LogP contribution in [-0.4, -0.2) is 70.3 Å². The van der Waals surface area contributed by atoms with Gasteiger partial charge in [0, 0.05) is 37.4 Å². The SMILES string of the molecule is CC(C)(C)C1CCN(C(=O)[O-])C1=O.CC(C)(C)C1CCN(C(=O)[O-])C1=O.CC(C)(C)C1CCN(C(=O)[O-])C1=O.[Cr+3]. The maximum absolute atomic E-state index is 11.5. The topological polar surface area (TPSA) is 181 Å². The Hall–Kier alpha value is -2.65. The molecule has 3 aliphatic heterocycles. The molecule has 0 bridgehead atoms. The second-order valence-electron chi connectivity index (χ2n) is 13.4. The molecule has 3 fully saturated rings. The third-order valence-corrected chi connectivity index (χ3v) is 7.41. The molecule has 0 saturated carbocycles. The molecule has 13 heteroatoms. The van der Waals surface area contributed by atoms with Crippen LogP contribution in [0.25, 0.3) is 0 Å². The molecule has 225 valence electrons. The van der Waals surface area contributed by atoms with E-state index in [0.29, 0.717) is 19.3 Å². The summed E-state index contributed by atoms with van der Waals surface area (Å²) in [6, 6.07) is 0. The molecule has 40 heavy (non-hydrogen) atoms. The zero-order valence-corrected chi connectivity index (χ0v) is 26.2. The number of likely N-dealkylation sites (tertiary alicyclic amines) is 3. The zero-order chi connectivity index (χ0) is 30.7. The summed E-state index contributed by atoms with van der Waals surface area (Å²) in [5.74, 6) is -1.51. The smallest absolute Gasteiger partial charge is 0.530 e. The molecule has 0 aromatic rings. The van der Waals surface area contributed by atoms with Gasteiger partial charge >= 0.3 is 17.4 Å². The molecule has 0 aromatic heterocycles. The number of carbonyl (C=O) groups is 6. The van der Waals surface area contributed by atoms with E-state index in [0.717, 1.165) is 14.7 Å². The molecule has 3 unspecified atom stereocenters. The number of amides is 6. The predicted octanol–water partition coefficient (Wildman–Crippen LogP) is 0.670. The summed E-state index contributed by atoms with van der Waals surface area (Å²) < 4.78 is 0. The maximum Gasteiger partial charge on any atom is 3.00 e. The Bertz CT molecular complexity index is 856. The van der Waals surface area contributed by atoms with Crippen LogP contribution in [0.5, 0.6) is 0 Å². The Morgan fingerprint density at radius 1 is 0.525 bits per heavy atom. The summed E-state index contributed by atoms with van der Waals surface area (Å²) in [6.45, 7) is 18.3. The van der Waals surface area contributed by atoms with Crippen LogP contribution >= 0.6 is 0 Å². The van der Waals surface area contributed by atoms with Crippen LogP contribution < -0.4 is 15.3 Å². The maximum atomic E-state index is 11.5. The molecule has 12 nitrogen and oxygen atoms in total. The van der Waals surface area contributed by atoms with E-state index in [1.807, 2.05) is 62.3 Å². The number of imide groups is 3. The van der Waals surface area contributed by atoms with Crippen molar-refractivity contribution in [3.63, 3.8) is 0 Å². The molecule has 0 aromatic carbocycles. The standard InChI is InChI=1S/3C9H15NO3.Cr/c3*1-9(2,3)6-4-5-10(7(6)11)8(12)13;/h3*6H,4-5H2,1-3H3,(H,12,13);/q;;;+3/p-3. The second-order valence-corrected chi connectivity index (χ2v) is 13.4. The van der Waals surface area contributed by atoms with Crippen LogP contribution in [0, 0.1) is 34.0 Å². The van der Waals surface area contributed by atoms with Crippen LogP contribution in [-0.2, 0) is 31.7 Å². The predicted molar refractivity (Wildman–Crippen MR) is 134 cm³/mol. The van der Waals surface area contributed by atoms with E-state index in [4.69, 9.17) is 0 Å². The molecular weight excluding hydrogens is 562 g/mol. The van der Waals surface area contributed by atoms with Crippen molar-refractivity contribution in [1.29, 1.82) is 0 Å². The van der Waals surface area contributed by atoms with Crippen LogP contribution in [0.4, 0.5) is 14.4 Å². The first-order valence-electron chi connectivity index (χ1n) is 13.1. The summed E-state index contributed by atoms with van der Waals surface area (Å²) >= 11 is 0. The molecule has 3 atom stereocenters. The number of hydrogen-bond acceptors (Lipinski definition) is 9. The summed E-state index contributed by atoms with van der Waals surface area (Å²) in [7, 11) is 0. The van der Waals surface area contributed by atoms with E-state index in [1.54, 1.807) is 0 Å². The second kappa shape index (κ2) is 13.8. The normalized spacial score (nSPS) is 23.2. The Labute approximate surface area is 247 Å². The fourth-order valence-corrected chi connectivity index (χ4v) is 4.99. The molecule has 0 aliphatic carbocycles. The van der Waals surface area contributed by atoms with Crippen molar-refractivity contribution in [3.05, 3.63) is 0 Å². The number of carbonyl (C=O) groups excluding carboxylic acids is 6. The third kappa shape index (κ3) is 9.48. The Balaban J connectivity index is 0.000000563. The fourth-order valence-electron chi connectivity index (χ4n) is 4.99. The minimum atomic E-state index is -1.38.